The quantitative estimate of drug-likeness (QED) is 0.755. The molecule has 0 aromatic carbocycles. The van der Waals surface area contributed by atoms with Crippen molar-refractivity contribution in [2.24, 2.45) is 5.73 Å². The summed E-state index contributed by atoms with van der Waals surface area (Å²) in [7, 11) is 0. The van der Waals surface area contributed by atoms with Crippen molar-refractivity contribution in [3.05, 3.63) is 23.7 Å². The van der Waals surface area contributed by atoms with Gasteiger partial charge in [0.1, 0.15) is 16.9 Å². The molecule has 1 aliphatic rings. The van der Waals surface area contributed by atoms with Crippen LogP contribution in [0.25, 0.3) is 0 Å². The Bertz CT molecular complexity index is 513. The average Bonchev–Trinajstić information content (AvgIpc) is 2.98. The van der Waals surface area contributed by atoms with Crippen molar-refractivity contribution >= 4 is 11.9 Å². The van der Waals surface area contributed by atoms with Gasteiger partial charge in [-0.3, -0.25) is 9.69 Å². The summed E-state index contributed by atoms with van der Waals surface area (Å²) in [5.74, 6) is -0.976. The summed E-state index contributed by atoms with van der Waals surface area (Å²) in [5.41, 5.74) is 4.95. The maximum Gasteiger partial charge on any atom is 0.341 e. The van der Waals surface area contributed by atoms with Gasteiger partial charge in [0.15, 0.2) is 0 Å². The number of likely N-dealkylation sites (tertiary alicyclic amines) is 1. The van der Waals surface area contributed by atoms with Gasteiger partial charge in [-0.2, -0.15) is 0 Å². The van der Waals surface area contributed by atoms with Crippen LogP contribution in [0.3, 0.4) is 0 Å². The zero-order chi connectivity index (χ0) is 14.8. The molecule has 0 saturated carbocycles. The number of esters is 1. The van der Waals surface area contributed by atoms with Gasteiger partial charge in [0.05, 0.1) is 19.4 Å². The van der Waals surface area contributed by atoms with Gasteiger partial charge in [0.25, 0.3) is 0 Å². The Morgan fingerprint density at radius 3 is 2.95 bits per heavy atom. The number of carbonyl (C=O) groups is 2. The molecule has 7 heteroatoms. The molecule has 1 aliphatic heterocycles. The molecule has 1 atom stereocenters. The monoisotopic (exact) mass is 282 g/mol. The van der Waals surface area contributed by atoms with E-state index in [2.05, 4.69) is 0 Å². The van der Waals surface area contributed by atoms with Gasteiger partial charge in [-0.15, -0.1) is 0 Å². The number of ether oxygens (including phenoxy) is 1. The SMILES string of the molecule is CCOC(=O)c1ccoc1CN1CCC(N)(C(=O)O)C1. The van der Waals surface area contributed by atoms with E-state index in [1.165, 1.54) is 6.26 Å². The summed E-state index contributed by atoms with van der Waals surface area (Å²) in [6.45, 7) is 3.14. The first-order chi connectivity index (χ1) is 9.46. The third kappa shape index (κ3) is 2.83. The molecule has 0 spiro atoms. The van der Waals surface area contributed by atoms with Crippen molar-refractivity contribution in [3.8, 4) is 0 Å². The number of hydrogen-bond acceptors (Lipinski definition) is 6. The topological polar surface area (TPSA) is 106 Å². The van der Waals surface area contributed by atoms with Gasteiger partial charge in [-0.25, -0.2) is 4.79 Å². The summed E-state index contributed by atoms with van der Waals surface area (Å²) in [6.07, 6.45) is 1.79. The fourth-order valence-electron chi connectivity index (χ4n) is 2.28. The highest BCUT2D eigenvalue weighted by atomic mass is 16.5. The number of nitrogens with zero attached hydrogens (tertiary/aromatic N) is 1. The van der Waals surface area contributed by atoms with Crippen molar-refractivity contribution in [3.63, 3.8) is 0 Å². The molecular weight excluding hydrogens is 264 g/mol. The van der Waals surface area contributed by atoms with Gasteiger partial charge in [-0.1, -0.05) is 0 Å². The van der Waals surface area contributed by atoms with Crippen molar-refractivity contribution in [1.82, 2.24) is 4.90 Å². The lowest BCUT2D eigenvalue weighted by molar-refractivity contribution is -0.142. The molecule has 1 unspecified atom stereocenters. The molecular formula is C13H18N2O5. The molecule has 0 aliphatic carbocycles. The minimum atomic E-state index is -1.23. The number of furan rings is 1. The summed E-state index contributed by atoms with van der Waals surface area (Å²) in [4.78, 5) is 24.7. The maximum absolute atomic E-state index is 11.7. The van der Waals surface area contributed by atoms with Crippen LogP contribution in [-0.4, -0.2) is 47.2 Å². The summed E-state index contributed by atoms with van der Waals surface area (Å²) >= 11 is 0. The third-order valence-corrected chi connectivity index (χ3v) is 3.41. The van der Waals surface area contributed by atoms with Crippen LogP contribution in [0.5, 0.6) is 0 Å². The molecule has 1 saturated heterocycles. The molecule has 7 nitrogen and oxygen atoms in total. The fourth-order valence-corrected chi connectivity index (χ4v) is 2.28. The van der Waals surface area contributed by atoms with E-state index in [9.17, 15) is 9.59 Å². The molecule has 0 amide bonds. The Kier molecular flexibility index (Phi) is 4.10. The Morgan fingerprint density at radius 1 is 1.60 bits per heavy atom. The van der Waals surface area contributed by atoms with Crippen LogP contribution in [0.1, 0.15) is 29.5 Å². The Labute approximate surface area is 116 Å². The predicted molar refractivity (Wildman–Crippen MR) is 69.1 cm³/mol. The van der Waals surface area contributed by atoms with Crippen LogP contribution < -0.4 is 5.73 Å². The van der Waals surface area contributed by atoms with E-state index in [0.29, 0.717) is 30.8 Å². The van der Waals surface area contributed by atoms with Crippen LogP contribution in [0.2, 0.25) is 0 Å². The fraction of sp³-hybridized carbons (Fsp3) is 0.538. The second-order valence-corrected chi connectivity index (χ2v) is 4.90. The number of hydrogen-bond donors (Lipinski definition) is 2. The van der Waals surface area contributed by atoms with Gasteiger partial charge < -0.3 is 20.0 Å². The summed E-state index contributed by atoms with van der Waals surface area (Å²) < 4.78 is 10.2. The van der Waals surface area contributed by atoms with E-state index in [1.807, 2.05) is 4.90 Å². The third-order valence-electron chi connectivity index (χ3n) is 3.41. The second kappa shape index (κ2) is 5.64. The second-order valence-electron chi connectivity index (χ2n) is 4.90. The van der Waals surface area contributed by atoms with Crippen LogP contribution in [-0.2, 0) is 16.1 Å². The van der Waals surface area contributed by atoms with Crippen molar-refractivity contribution < 1.29 is 23.8 Å². The van der Waals surface area contributed by atoms with Crippen molar-refractivity contribution in [1.29, 1.82) is 0 Å². The minimum Gasteiger partial charge on any atom is -0.480 e. The molecule has 110 valence electrons. The van der Waals surface area contributed by atoms with Crippen LogP contribution in [0.15, 0.2) is 16.7 Å². The zero-order valence-corrected chi connectivity index (χ0v) is 11.3. The number of carboxylic acids is 1. The van der Waals surface area contributed by atoms with Gasteiger partial charge >= 0.3 is 11.9 Å². The molecule has 1 fully saturated rings. The van der Waals surface area contributed by atoms with Crippen LogP contribution in [0, 0.1) is 0 Å². The van der Waals surface area contributed by atoms with E-state index in [0.717, 1.165) is 0 Å². The molecule has 0 radical (unpaired) electrons. The first kappa shape index (κ1) is 14.5. The molecule has 20 heavy (non-hydrogen) atoms. The smallest absolute Gasteiger partial charge is 0.341 e. The number of nitrogens with two attached hydrogens (primary N) is 1. The summed E-state index contributed by atoms with van der Waals surface area (Å²) in [5, 5.41) is 9.08. The molecule has 2 heterocycles. The molecule has 1 aromatic rings. The number of rotatable bonds is 5. The highest BCUT2D eigenvalue weighted by Gasteiger charge is 2.41. The number of carboxylic acid groups (broad SMARTS) is 1. The average molecular weight is 282 g/mol. The van der Waals surface area contributed by atoms with E-state index >= 15 is 0 Å². The largest absolute Gasteiger partial charge is 0.480 e. The molecule has 2 rings (SSSR count). The van der Waals surface area contributed by atoms with Gasteiger partial charge in [0, 0.05) is 13.1 Å². The van der Waals surface area contributed by atoms with Gasteiger partial charge in [0.2, 0.25) is 0 Å². The Hall–Kier alpha value is -1.86. The highest BCUT2D eigenvalue weighted by Crippen LogP contribution is 2.23. The first-order valence-electron chi connectivity index (χ1n) is 6.44. The lowest BCUT2D eigenvalue weighted by Crippen LogP contribution is -2.50. The lowest BCUT2D eigenvalue weighted by Gasteiger charge is -2.19. The van der Waals surface area contributed by atoms with E-state index in [4.69, 9.17) is 20.0 Å². The first-order valence-corrected chi connectivity index (χ1v) is 6.44. The Balaban J connectivity index is 2.04. The highest BCUT2D eigenvalue weighted by molar-refractivity contribution is 5.90. The maximum atomic E-state index is 11.7. The summed E-state index contributed by atoms with van der Waals surface area (Å²) in [6, 6.07) is 1.55. The standard InChI is InChI=1S/C13H18N2O5/c1-2-19-11(16)9-3-6-20-10(9)7-15-5-4-13(14,8-15)12(17)18/h3,6H,2,4-5,7-8,14H2,1H3,(H,17,18). The van der Waals surface area contributed by atoms with Crippen molar-refractivity contribution in [2.75, 3.05) is 19.7 Å². The normalized spacial score (nSPS) is 22.9. The van der Waals surface area contributed by atoms with Crippen LogP contribution >= 0.6 is 0 Å². The molecule has 1 aromatic heterocycles. The van der Waals surface area contributed by atoms with Crippen LogP contribution in [0.4, 0.5) is 0 Å². The van der Waals surface area contributed by atoms with Crippen molar-refractivity contribution in [2.45, 2.75) is 25.4 Å². The Morgan fingerprint density at radius 2 is 2.35 bits per heavy atom. The van der Waals surface area contributed by atoms with Gasteiger partial charge in [-0.05, 0) is 19.4 Å². The number of aliphatic carboxylic acids is 1. The zero-order valence-electron chi connectivity index (χ0n) is 11.3. The number of carbonyl (C=O) groups excluding carboxylic acids is 1. The van der Waals surface area contributed by atoms with E-state index in [1.54, 1.807) is 13.0 Å². The molecule has 3 N–H and O–H groups in total. The minimum absolute atomic E-state index is 0.227. The predicted octanol–water partition coefficient (Wildman–Crippen LogP) is 0.444. The molecule has 0 bridgehead atoms. The van der Waals surface area contributed by atoms with E-state index in [-0.39, 0.29) is 13.2 Å². The van der Waals surface area contributed by atoms with E-state index < -0.39 is 17.5 Å². The lowest BCUT2D eigenvalue weighted by atomic mass is 10.0.